The van der Waals surface area contributed by atoms with Crippen LogP contribution >= 0.6 is 0 Å². The molecular weight excluding hydrogens is 316 g/mol. The fourth-order valence-electron chi connectivity index (χ4n) is 2.88. The van der Waals surface area contributed by atoms with Crippen molar-refractivity contribution in [3.63, 3.8) is 0 Å². The molecule has 2 rings (SSSR count). The summed E-state index contributed by atoms with van der Waals surface area (Å²) in [4.78, 5) is 13.6. The molecule has 1 heterocycles. The summed E-state index contributed by atoms with van der Waals surface area (Å²) < 4.78 is 0. The van der Waals surface area contributed by atoms with E-state index in [1.165, 1.54) is 0 Å². The molecule has 1 atom stereocenters. The van der Waals surface area contributed by atoms with Crippen LogP contribution in [0, 0.1) is 25.2 Å². The van der Waals surface area contributed by atoms with E-state index in [2.05, 4.69) is 16.3 Å². The molecule has 6 nitrogen and oxygen atoms in total. The van der Waals surface area contributed by atoms with Crippen LogP contribution in [0.25, 0.3) is 0 Å². The van der Waals surface area contributed by atoms with Crippen LogP contribution in [0.15, 0.2) is 24.3 Å². The lowest BCUT2D eigenvalue weighted by Crippen LogP contribution is -2.31. The number of carboxylic acid groups (broad SMARTS) is 1. The first-order chi connectivity index (χ1) is 11.7. The highest BCUT2D eigenvalue weighted by Gasteiger charge is 2.27. The number of nitriles is 1. The Morgan fingerprint density at radius 3 is 2.40 bits per heavy atom. The van der Waals surface area contributed by atoms with Gasteiger partial charge in [-0.1, -0.05) is 24.3 Å². The predicted molar refractivity (Wildman–Crippen MR) is 95.0 cm³/mol. The number of nitrogens with one attached hydrogen (secondary N) is 1. The van der Waals surface area contributed by atoms with E-state index in [-0.39, 0.29) is 0 Å². The molecule has 0 bridgehead atoms. The van der Waals surface area contributed by atoms with E-state index in [0.29, 0.717) is 12.1 Å². The number of benzene rings is 1. The minimum atomic E-state index is -0.909. The number of aromatic amines is 1. The number of aliphatic carboxylic acids is 1. The highest BCUT2D eigenvalue weighted by molar-refractivity contribution is 5.75. The summed E-state index contributed by atoms with van der Waals surface area (Å²) in [5, 5.41) is 26.0. The van der Waals surface area contributed by atoms with Gasteiger partial charge in [-0.2, -0.15) is 10.4 Å². The van der Waals surface area contributed by atoms with Crippen LogP contribution in [-0.2, 0) is 16.8 Å². The number of aryl methyl sites for hydroxylation is 2. The SMILES string of the molecule is Cc1n[nH]c(C)c1CN(C)[C@H](C(=O)O)c1ccc(C(C)(C)C#N)cc1. The predicted octanol–water partition coefficient (Wildman–Crippen LogP) is 3.09. The number of carboxylic acids is 1. The van der Waals surface area contributed by atoms with Gasteiger partial charge in [-0.3, -0.25) is 14.8 Å². The molecule has 6 heteroatoms. The molecule has 0 spiro atoms. The molecule has 2 aromatic rings. The van der Waals surface area contributed by atoms with Gasteiger partial charge in [0.1, 0.15) is 6.04 Å². The molecule has 0 unspecified atom stereocenters. The molecule has 0 aliphatic heterocycles. The molecule has 132 valence electrons. The zero-order valence-corrected chi connectivity index (χ0v) is 15.3. The maximum Gasteiger partial charge on any atom is 0.325 e. The number of hydrogen-bond donors (Lipinski definition) is 2. The van der Waals surface area contributed by atoms with Gasteiger partial charge < -0.3 is 5.11 Å². The van der Waals surface area contributed by atoms with Gasteiger partial charge in [0, 0.05) is 17.8 Å². The summed E-state index contributed by atoms with van der Waals surface area (Å²) in [7, 11) is 1.79. The number of aromatic nitrogens is 2. The fraction of sp³-hybridized carbons (Fsp3) is 0.421. The Balaban J connectivity index is 2.29. The van der Waals surface area contributed by atoms with Gasteiger partial charge in [0.05, 0.1) is 17.2 Å². The summed E-state index contributed by atoms with van der Waals surface area (Å²) in [6.45, 7) is 8.00. The maximum absolute atomic E-state index is 11.9. The lowest BCUT2D eigenvalue weighted by Gasteiger charge is -2.26. The molecule has 1 aromatic heterocycles. The van der Waals surface area contributed by atoms with Crippen molar-refractivity contribution in [3.8, 4) is 6.07 Å². The monoisotopic (exact) mass is 340 g/mol. The van der Waals surface area contributed by atoms with Gasteiger partial charge in [-0.15, -0.1) is 0 Å². The van der Waals surface area contributed by atoms with Crippen LogP contribution < -0.4 is 0 Å². The molecule has 0 fully saturated rings. The van der Waals surface area contributed by atoms with Crippen LogP contribution in [0.3, 0.4) is 0 Å². The van der Waals surface area contributed by atoms with Crippen molar-refractivity contribution >= 4 is 5.97 Å². The molecular formula is C19H24N4O2. The lowest BCUT2D eigenvalue weighted by atomic mass is 9.85. The van der Waals surface area contributed by atoms with Crippen LogP contribution in [-0.4, -0.2) is 33.2 Å². The fourth-order valence-corrected chi connectivity index (χ4v) is 2.88. The first-order valence-electron chi connectivity index (χ1n) is 8.12. The maximum atomic E-state index is 11.9. The van der Waals surface area contributed by atoms with Gasteiger partial charge in [-0.25, -0.2) is 0 Å². The Morgan fingerprint density at radius 1 is 1.36 bits per heavy atom. The van der Waals surface area contributed by atoms with Crippen molar-refractivity contribution in [2.75, 3.05) is 7.05 Å². The Hall–Kier alpha value is -2.65. The van der Waals surface area contributed by atoms with E-state index >= 15 is 0 Å². The largest absolute Gasteiger partial charge is 0.480 e. The summed E-state index contributed by atoms with van der Waals surface area (Å²) in [6, 6.07) is 8.73. The molecule has 0 radical (unpaired) electrons. The Morgan fingerprint density at radius 2 is 1.96 bits per heavy atom. The smallest absolute Gasteiger partial charge is 0.325 e. The summed E-state index contributed by atoms with van der Waals surface area (Å²) in [6.07, 6.45) is 0. The lowest BCUT2D eigenvalue weighted by molar-refractivity contribution is -0.143. The van der Waals surface area contributed by atoms with Crippen molar-refractivity contribution in [2.45, 2.75) is 45.7 Å². The molecule has 1 aromatic carbocycles. The third kappa shape index (κ3) is 3.89. The van der Waals surface area contributed by atoms with Gasteiger partial charge in [0.25, 0.3) is 0 Å². The minimum absolute atomic E-state index is 0.483. The topological polar surface area (TPSA) is 93.0 Å². The van der Waals surface area contributed by atoms with Crippen LogP contribution in [0.5, 0.6) is 0 Å². The third-order valence-electron chi connectivity index (χ3n) is 4.59. The number of nitrogens with zero attached hydrogens (tertiary/aromatic N) is 3. The quantitative estimate of drug-likeness (QED) is 0.843. The average Bonchev–Trinajstić information content (AvgIpc) is 2.87. The molecule has 0 aliphatic rings. The van der Waals surface area contributed by atoms with E-state index in [1.54, 1.807) is 24.1 Å². The minimum Gasteiger partial charge on any atom is -0.480 e. The molecule has 25 heavy (non-hydrogen) atoms. The number of likely N-dealkylation sites (N-methyl/N-ethyl adjacent to an activating group) is 1. The van der Waals surface area contributed by atoms with Crippen molar-refractivity contribution in [1.82, 2.24) is 15.1 Å². The first kappa shape index (κ1) is 18.7. The average molecular weight is 340 g/mol. The van der Waals surface area contributed by atoms with Gasteiger partial charge >= 0.3 is 5.97 Å². The summed E-state index contributed by atoms with van der Waals surface area (Å²) in [5.41, 5.74) is 3.78. The van der Waals surface area contributed by atoms with Crippen molar-refractivity contribution in [1.29, 1.82) is 5.26 Å². The molecule has 0 aliphatic carbocycles. The summed E-state index contributed by atoms with van der Waals surface area (Å²) >= 11 is 0. The second-order valence-corrected chi connectivity index (χ2v) is 6.93. The molecule has 0 saturated heterocycles. The number of hydrogen-bond acceptors (Lipinski definition) is 4. The van der Waals surface area contributed by atoms with Gasteiger partial charge in [-0.05, 0) is 45.9 Å². The van der Waals surface area contributed by atoms with Crippen LogP contribution in [0.4, 0.5) is 0 Å². The van der Waals surface area contributed by atoms with Crippen molar-refractivity contribution < 1.29 is 9.90 Å². The molecule has 0 saturated carbocycles. The van der Waals surface area contributed by atoms with E-state index < -0.39 is 17.4 Å². The van der Waals surface area contributed by atoms with E-state index in [9.17, 15) is 15.2 Å². The number of rotatable bonds is 6. The standard InChI is InChI=1S/C19H24N4O2/c1-12-16(13(2)22-21-12)10-23(5)17(18(24)25)14-6-8-15(9-7-14)19(3,4)11-20/h6-9,17H,10H2,1-5H3,(H,21,22)(H,24,25)/t17-/m0/s1. The van der Waals surface area contributed by atoms with Crippen LogP contribution in [0.2, 0.25) is 0 Å². The normalized spacial score (nSPS) is 12.8. The Kier molecular flexibility index (Phi) is 5.29. The van der Waals surface area contributed by atoms with Crippen molar-refractivity contribution in [2.24, 2.45) is 0 Å². The third-order valence-corrected chi connectivity index (χ3v) is 4.59. The summed E-state index contributed by atoms with van der Waals surface area (Å²) in [5.74, 6) is -0.909. The van der Waals surface area contributed by atoms with Crippen LogP contribution in [0.1, 0.15) is 48.0 Å². The molecule has 0 amide bonds. The van der Waals surface area contributed by atoms with Gasteiger partial charge in [0.2, 0.25) is 0 Å². The van der Waals surface area contributed by atoms with E-state index in [4.69, 9.17) is 0 Å². The first-order valence-corrected chi connectivity index (χ1v) is 8.12. The second kappa shape index (κ2) is 7.08. The van der Waals surface area contributed by atoms with Gasteiger partial charge in [0.15, 0.2) is 0 Å². The van der Waals surface area contributed by atoms with E-state index in [1.807, 2.05) is 39.8 Å². The number of H-pyrrole nitrogens is 1. The Labute approximate surface area is 148 Å². The van der Waals surface area contributed by atoms with Crippen molar-refractivity contribution in [3.05, 3.63) is 52.3 Å². The Bertz CT molecular complexity index is 780. The van der Waals surface area contributed by atoms with E-state index in [0.717, 1.165) is 22.5 Å². The molecule has 2 N–H and O–H groups in total. The zero-order chi connectivity index (χ0) is 18.8. The highest BCUT2D eigenvalue weighted by atomic mass is 16.4. The highest BCUT2D eigenvalue weighted by Crippen LogP contribution is 2.27. The number of carbonyl (C=O) groups is 1. The second-order valence-electron chi connectivity index (χ2n) is 6.93. The zero-order valence-electron chi connectivity index (χ0n) is 15.3.